The minimum Gasteiger partial charge on any atom is -0.480 e. The van der Waals surface area contributed by atoms with E-state index in [9.17, 15) is 9.59 Å². The molecule has 0 fully saturated rings. The van der Waals surface area contributed by atoms with E-state index in [-0.39, 0.29) is 12.3 Å². The molecule has 0 unspecified atom stereocenters. The normalized spacial score (nSPS) is 10.1. The average molecular weight is 269 g/mol. The number of rotatable bonds is 5. The molecule has 0 heterocycles. The van der Waals surface area contributed by atoms with Gasteiger partial charge in [-0.3, -0.25) is 9.59 Å². The molecule has 0 aromatic heterocycles. The van der Waals surface area contributed by atoms with E-state index in [1.165, 1.54) is 0 Å². The van der Waals surface area contributed by atoms with Crippen molar-refractivity contribution in [3.8, 4) is 0 Å². The summed E-state index contributed by atoms with van der Waals surface area (Å²) in [7, 11) is 0. The standard InChI is InChI=1S/C16H15NO3/c1-11-6-8-12(9-7-11)16(20)13-4-2-3-5-14(13)17-10-15(18)19/h2-9,17H,10H2,1H3,(H,18,19). The molecule has 2 N–H and O–H groups in total. The van der Waals surface area contributed by atoms with Crippen molar-refractivity contribution >= 4 is 17.4 Å². The predicted molar refractivity (Wildman–Crippen MR) is 77.2 cm³/mol. The molecule has 0 spiro atoms. The zero-order valence-electron chi connectivity index (χ0n) is 11.1. The van der Waals surface area contributed by atoms with Crippen LogP contribution in [0.3, 0.4) is 0 Å². The zero-order valence-corrected chi connectivity index (χ0v) is 11.1. The molecule has 2 rings (SSSR count). The van der Waals surface area contributed by atoms with Crippen LogP contribution < -0.4 is 5.32 Å². The lowest BCUT2D eigenvalue weighted by Crippen LogP contribution is -2.15. The predicted octanol–water partition coefficient (Wildman–Crippen LogP) is 2.72. The molecule has 0 saturated carbocycles. The van der Waals surface area contributed by atoms with E-state index in [0.29, 0.717) is 16.8 Å². The molecule has 0 aliphatic heterocycles. The molecule has 0 saturated heterocycles. The summed E-state index contributed by atoms with van der Waals surface area (Å²) in [6, 6.07) is 14.2. The van der Waals surface area contributed by atoms with Gasteiger partial charge in [0.05, 0.1) is 0 Å². The highest BCUT2D eigenvalue weighted by Crippen LogP contribution is 2.19. The summed E-state index contributed by atoms with van der Waals surface area (Å²) in [5.41, 5.74) is 2.66. The number of aliphatic carboxylic acids is 1. The van der Waals surface area contributed by atoms with E-state index in [1.54, 1.807) is 36.4 Å². The average Bonchev–Trinajstić information content (AvgIpc) is 2.45. The number of ketones is 1. The van der Waals surface area contributed by atoms with Gasteiger partial charge in [0, 0.05) is 16.8 Å². The molecule has 0 radical (unpaired) electrons. The minimum atomic E-state index is -0.970. The van der Waals surface area contributed by atoms with Crippen LogP contribution in [0.15, 0.2) is 48.5 Å². The lowest BCUT2D eigenvalue weighted by Gasteiger charge is -2.10. The number of carboxylic acids is 1. The van der Waals surface area contributed by atoms with Crippen LogP contribution >= 0.6 is 0 Å². The third-order valence-electron chi connectivity index (χ3n) is 2.92. The van der Waals surface area contributed by atoms with E-state index in [4.69, 9.17) is 5.11 Å². The van der Waals surface area contributed by atoms with Crippen molar-refractivity contribution in [3.63, 3.8) is 0 Å². The second-order valence-electron chi connectivity index (χ2n) is 4.49. The van der Waals surface area contributed by atoms with Crippen LogP contribution in [0.1, 0.15) is 21.5 Å². The Hall–Kier alpha value is -2.62. The largest absolute Gasteiger partial charge is 0.480 e. The van der Waals surface area contributed by atoms with Crippen molar-refractivity contribution in [1.29, 1.82) is 0 Å². The summed E-state index contributed by atoms with van der Waals surface area (Å²) < 4.78 is 0. The van der Waals surface area contributed by atoms with Gasteiger partial charge < -0.3 is 10.4 Å². The number of carboxylic acid groups (broad SMARTS) is 1. The van der Waals surface area contributed by atoms with Gasteiger partial charge in [-0.2, -0.15) is 0 Å². The maximum absolute atomic E-state index is 12.4. The fraction of sp³-hybridized carbons (Fsp3) is 0.125. The van der Waals surface area contributed by atoms with Gasteiger partial charge in [0.2, 0.25) is 0 Å². The molecule has 4 nitrogen and oxygen atoms in total. The first kappa shape index (κ1) is 13.8. The SMILES string of the molecule is Cc1ccc(C(=O)c2ccccc2NCC(=O)O)cc1. The molecule has 0 bridgehead atoms. The monoisotopic (exact) mass is 269 g/mol. The molecular weight excluding hydrogens is 254 g/mol. The van der Waals surface area contributed by atoms with Crippen LogP contribution in [0.2, 0.25) is 0 Å². The number of benzene rings is 2. The van der Waals surface area contributed by atoms with Gasteiger partial charge >= 0.3 is 5.97 Å². The van der Waals surface area contributed by atoms with E-state index in [0.717, 1.165) is 5.56 Å². The quantitative estimate of drug-likeness (QED) is 0.819. The molecule has 2 aromatic carbocycles. The molecule has 2 aromatic rings. The van der Waals surface area contributed by atoms with Crippen LogP contribution in [0.25, 0.3) is 0 Å². The van der Waals surface area contributed by atoms with Crippen molar-refractivity contribution < 1.29 is 14.7 Å². The first-order chi connectivity index (χ1) is 9.58. The molecule has 20 heavy (non-hydrogen) atoms. The molecular formula is C16H15NO3. The smallest absolute Gasteiger partial charge is 0.322 e. The van der Waals surface area contributed by atoms with Gasteiger partial charge in [-0.25, -0.2) is 0 Å². The first-order valence-corrected chi connectivity index (χ1v) is 6.24. The van der Waals surface area contributed by atoms with Crippen LogP contribution in [-0.4, -0.2) is 23.4 Å². The fourth-order valence-electron chi connectivity index (χ4n) is 1.87. The van der Waals surface area contributed by atoms with E-state index in [2.05, 4.69) is 5.32 Å². The van der Waals surface area contributed by atoms with Crippen LogP contribution in [0.5, 0.6) is 0 Å². The number of anilines is 1. The number of carbonyl (C=O) groups is 2. The first-order valence-electron chi connectivity index (χ1n) is 6.24. The topological polar surface area (TPSA) is 66.4 Å². The number of hydrogen-bond acceptors (Lipinski definition) is 3. The van der Waals surface area contributed by atoms with Gasteiger partial charge in [0.15, 0.2) is 5.78 Å². The highest BCUT2D eigenvalue weighted by atomic mass is 16.4. The Balaban J connectivity index is 2.29. The van der Waals surface area contributed by atoms with Gasteiger partial charge in [0.25, 0.3) is 0 Å². The molecule has 102 valence electrons. The van der Waals surface area contributed by atoms with Crippen molar-refractivity contribution in [3.05, 3.63) is 65.2 Å². The number of aryl methyl sites for hydroxylation is 1. The molecule has 0 atom stereocenters. The lowest BCUT2D eigenvalue weighted by atomic mass is 10.0. The summed E-state index contributed by atoms with van der Waals surface area (Å²) in [6.07, 6.45) is 0. The van der Waals surface area contributed by atoms with Gasteiger partial charge in [-0.05, 0) is 19.1 Å². The number of hydrogen-bond donors (Lipinski definition) is 2. The van der Waals surface area contributed by atoms with E-state index < -0.39 is 5.97 Å². The van der Waals surface area contributed by atoms with Gasteiger partial charge in [0.1, 0.15) is 6.54 Å². The van der Waals surface area contributed by atoms with E-state index in [1.807, 2.05) is 19.1 Å². The summed E-state index contributed by atoms with van der Waals surface area (Å²) in [6.45, 7) is 1.73. The van der Waals surface area contributed by atoms with Crippen molar-refractivity contribution in [1.82, 2.24) is 0 Å². The van der Waals surface area contributed by atoms with Crippen LogP contribution in [0.4, 0.5) is 5.69 Å². The Morgan fingerprint density at radius 3 is 2.35 bits per heavy atom. The Morgan fingerprint density at radius 2 is 1.70 bits per heavy atom. The Kier molecular flexibility index (Phi) is 4.15. The number of nitrogens with one attached hydrogen (secondary N) is 1. The van der Waals surface area contributed by atoms with Crippen molar-refractivity contribution in [2.75, 3.05) is 11.9 Å². The third-order valence-corrected chi connectivity index (χ3v) is 2.92. The molecule has 0 amide bonds. The third kappa shape index (κ3) is 3.23. The second-order valence-corrected chi connectivity index (χ2v) is 4.49. The zero-order chi connectivity index (χ0) is 14.5. The van der Waals surface area contributed by atoms with Crippen LogP contribution in [0, 0.1) is 6.92 Å². The van der Waals surface area contributed by atoms with Crippen molar-refractivity contribution in [2.45, 2.75) is 6.92 Å². The Bertz CT molecular complexity index is 632. The summed E-state index contributed by atoms with van der Waals surface area (Å²) in [5.74, 6) is -1.10. The van der Waals surface area contributed by atoms with E-state index >= 15 is 0 Å². The summed E-state index contributed by atoms with van der Waals surface area (Å²) in [4.78, 5) is 23.0. The van der Waals surface area contributed by atoms with Gasteiger partial charge in [-0.1, -0.05) is 42.0 Å². The van der Waals surface area contributed by atoms with Crippen LogP contribution in [-0.2, 0) is 4.79 Å². The highest BCUT2D eigenvalue weighted by Gasteiger charge is 2.13. The summed E-state index contributed by atoms with van der Waals surface area (Å²) in [5, 5.41) is 11.5. The fourth-order valence-corrected chi connectivity index (χ4v) is 1.87. The van der Waals surface area contributed by atoms with Gasteiger partial charge in [-0.15, -0.1) is 0 Å². The summed E-state index contributed by atoms with van der Waals surface area (Å²) >= 11 is 0. The lowest BCUT2D eigenvalue weighted by molar-refractivity contribution is -0.134. The Labute approximate surface area is 117 Å². The maximum Gasteiger partial charge on any atom is 0.322 e. The van der Waals surface area contributed by atoms with Crippen molar-refractivity contribution in [2.24, 2.45) is 0 Å². The second kappa shape index (κ2) is 6.02. The number of para-hydroxylation sites is 1. The molecule has 4 heteroatoms. The Morgan fingerprint density at radius 1 is 1.05 bits per heavy atom. The minimum absolute atomic E-state index is 0.126. The number of carbonyl (C=O) groups excluding carboxylic acids is 1. The molecule has 0 aliphatic rings. The molecule has 0 aliphatic carbocycles. The highest BCUT2D eigenvalue weighted by molar-refractivity contribution is 6.12. The maximum atomic E-state index is 12.4.